The van der Waals surface area contributed by atoms with Gasteiger partial charge in [-0.15, -0.1) is 12.4 Å². The van der Waals surface area contributed by atoms with Crippen molar-refractivity contribution in [2.75, 3.05) is 0 Å². The fraction of sp³-hybridized carbons (Fsp3) is 0.111. The van der Waals surface area contributed by atoms with Gasteiger partial charge in [0, 0.05) is 0 Å². The van der Waals surface area contributed by atoms with E-state index in [1.54, 1.807) is 11.3 Å². The van der Waals surface area contributed by atoms with Crippen LogP contribution in [0.25, 0.3) is 0 Å². The lowest BCUT2D eigenvalue weighted by molar-refractivity contribution is 0.470. The van der Waals surface area contributed by atoms with Crippen LogP contribution in [0.3, 0.4) is 0 Å². The summed E-state index contributed by atoms with van der Waals surface area (Å²) in [7, 11) is 0. The highest BCUT2D eigenvalue weighted by molar-refractivity contribution is 9.10. The molecule has 0 radical (unpaired) electrons. The molecule has 2 aromatic heterocycles. The van der Waals surface area contributed by atoms with E-state index in [0.717, 1.165) is 11.3 Å². The van der Waals surface area contributed by atoms with Crippen molar-refractivity contribution in [1.29, 1.82) is 0 Å². The number of rotatable bonds is 2. The predicted octanol–water partition coefficient (Wildman–Crippen LogP) is 3.57. The van der Waals surface area contributed by atoms with Gasteiger partial charge in [0.15, 0.2) is 4.67 Å². The smallest absolute Gasteiger partial charge is 0.169 e. The van der Waals surface area contributed by atoms with E-state index < -0.39 is 0 Å². The second-order valence-corrected chi connectivity index (χ2v) is 4.24. The van der Waals surface area contributed by atoms with Gasteiger partial charge < -0.3 is 10.2 Å². The van der Waals surface area contributed by atoms with Crippen molar-refractivity contribution >= 4 is 39.7 Å². The average Bonchev–Trinajstić information content (AvgIpc) is 2.72. The number of thiophene rings is 1. The summed E-state index contributed by atoms with van der Waals surface area (Å²) in [6.45, 7) is 0. The zero-order valence-corrected chi connectivity index (χ0v) is 10.4. The first-order valence-corrected chi connectivity index (χ1v) is 5.54. The summed E-state index contributed by atoms with van der Waals surface area (Å²) in [5.74, 6) is 0.783. The van der Waals surface area contributed by atoms with Crippen LogP contribution >= 0.6 is 39.7 Å². The van der Waals surface area contributed by atoms with Gasteiger partial charge in [0.05, 0.1) is 6.04 Å². The summed E-state index contributed by atoms with van der Waals surface area (Å²) in [4.78, 5) is 0. The summed E-state index contributed by atoms with van der Waals surface area (Å²) in [6.07, 6.45) is 0. The zero-order valence-electron chi connectivity index (χ0n) is 7.14. The van der Waals surface area contributed by atoms with Crippen LogP contribution in [0.4, 0.5) is 0 Å². The molecule has 76 valence electrons. The minimum Gasteiger partial charge on any atom is -0.452 e. The molecule has 0 saturated carbocycles. The van der Waals surface area contributed by atoms with Gasteiger partial charge in [0.1, 0.15) is 5.76 Å². The standard InChI is InChI=1S/C9H8BrNOS.ClH/c10-8-2-1-7(12-8)9(11)6-3-4-13-5-6;/h1-5,9H,11H2;1H/t9-;/m0./s1. The molecule has 5 heteroatoms. The van der Waals surface area contributed by atoms with Crippen LogP contribution in [-0.4, -0.2) is 0 Å². The third kappa shape index (κ3) is 2.39. The normalized spacial score (nSPS) is 12.1. The van der Waals surface area contributed by atoms with E-state index in [0.29, 0.717) is 4.67 Å². The van der Waals surface area contributed by atoms with Crippen LogP contribution in [0, 0.1) is 0 Å². The molecule has 0 aliphatic carbocycles. The highest BCUT2D eigenvalue weighted by atomic mass is 79.9. The average molecular weight is 295 g/mol. The maximum Gasteiger partial charge on any atom is 0.169 e. The Balaban J connectivity index is 0.000000980. The lowest BCUT2D eigenvalue weighted by atomic mass is 10.1. The fourth-order valence-corrected chi connectivity index (χ4v) is 2.13. The van der Waals surface area contributed by atoms with E-state index in [9.17, 15) is 0 Å². The van der Waals surface area contributed by atoms with E-state index in [1.807, 2.05) is 29.0 Å². The van der Waals surface area contributed by atoms with Crippen LogP contribution in [0.1, 0.15) is 17.4 Å². The Bertz CT molecular complexity index is 387. The number of halogens is 2. The molecule has 0 saturated heterocycles. The predicted molar refractivity (Wildman–Crippen MR) is 64.0 cm³/mol. The molecule has 0 spiro atoms. The van der Waals surface area contributed by atoms with E-state index in [1.165, 1.54) is 0 Å². The molecule has 2 heterocycles. The van der Waals surface area contributed by atoms with Gasteiger partial charge in [0.2, 0.25) is 0 Å². The van der Waals surface area contributed by atoms with Crippen molar-refractivity contribution in [1.82, 2.24) is 0 Å². The first-order valence-electron chi connectivity index (χ1n) is 3.80. The van der Waals surface area contributed by atoms with E-state index >= 15 is 0 Å². The van der Waals surface area contributed by atoms with Crippen molar-refractivity contribution in [2.45, 2.75) is 6.04 Å². The third-order valence-corrected chi connectivity index (χ3v) is 2.93. The Morgan fingerprint density at radius 1 is 1.36 bits per heavy atom. The minimum absolute atomic E-state index is 0. The second-order valence-electron chi connectivity index (χ2n) is 2.68. The first-order chi connectivity index (χ1) is 6.27. The molecule has 0 amide bonds. The Morgan fingerprint density at radius 3 is 2.64 bits per heavy atom. The van der Waals surface area contributed by atoms with E-state index in [2.05, 4.69) is 15.9 Å². The molecule has 1 atom stereocenters. The maximum atomic E-state index is 5.97. The summed E-state index contributed by atoms with van der Waals surface area (Å²) in [6, 6.07) is 5.58. The first kappa shape index (κ1) is 11.8. The maximum absolute atomic E-state index is 5.97. The minimum atomic E-state index is -0.155. The Morgan fingerprint density at radius 2 is 2.14 bits per heavy atom. The van der Waals surface area contributed by atoms with Crippen molar-refractivity contribution < 1.29 is 4.42 Å². The van der Waals surface area contributed by atoms with E-state index in [-0.39, 0.29) is 18.4 Å². The van der Waals surface area contributed by atoms with Gasteiger partial charge in [-0.05, 0) is 50.5 Å². The number of nitrogens with two attached hydrogens (primary N) is 1. The van der Waals surface area contributed by atoms with Crippen molar-refractivity contribution in [2.24, 2.45) is 5.73 Å². The van der Waals surface area contributed by atoms with Gasteiger partial charge in [-0.1, -0.05) is 0 Å². The molecule has 2 aromatic rings. The molecule has 2 N–H and O–H groups in total. The van der Waals surface area contributed by atoms with Crippen LogP contribution in [0.15, 0.2) is 38.0 Å². The van der Waals surface area contributed by atoms with Crippen molar-refractivity contribution in [3.05, 3.63) is 45.0 Å². The Labute approximate surface area is 101 Å². The van der Waals surface area contributed by atoms with Crippen LogP contribution in [-0.2, 0) is 0 Å². The second kappa shape index (κ2) is 4.98. The molecule has 0 bridgehead atoms. The summed E-state index contributed by atoms with van der Waals surface area (Å²) < 4.78 is 6.08. The molecule has 0 aliphatic rings. The number of furan rings is 1. The van der Waals surface area contributed by atoms with Crippen molar-refractivity contribution in [3.63, 3.8) is 0 Å². The lowest BCUT2D eigenvalue weighted by Gasteiger charge is -2.04. The van der Waals surface area contributed by atoms with Crippen LogP contribution < -0.4 is 5.73 Å². The summed E-state index contributed by atoms with van der Waals surface area (Å²) >= 11 is 4.88. The monoisotopic (exact) mass is 293 g/mol. The zero-order chi connectivity index (χ0) is 9.26. The molecule has 14 heavy (non-hydrogen) atoms. The lowest BCUT2D eigenvalue weighted by Crippen LogP contribution is -2.09. The highest BCUT2D eigenvalue weighted by Crippen LogP contribution is 2.25. The molecule has 2 nitrogen and oxygen atoms in total. The van der Waals surface area contributed by atoms with E-state index in [4.69, 9.17) is 10.2 Å². The Kier molecular flexibility index (Phi) is 4.19. The molecule has 0 aliphatic heterocycles. The van der Waals surface area contributed by atoms with Gasteiger partial charge in [-0.25, -0.2) is 0 Å². The SMILES string of the molecule is Cl.N[C@@H](c1ccsc1)c1ccc(Br)o1. The summed E-state index contributed by atoms with van der Waals surface area (Å²) in [5.41, 5.74) is 7.06. The van der Waals surface area contributed by atoms with Crippen molar-refractivity contribution in [3.8, 4) is 0 Å². The number of hydrogen-bond donors (Lipinski definition) is 1. The fourth-order valence-electron chi connectivity index (χ4n) is 1.11. The third-order valence-electron chi connectivity index (χ3n) is 1.80. The molecule has 0 unspecified atom stereocenters. The van der Waals surface area contributed by atoms with Crippen LogP contribution in [0.5, 0.6) is 0 Å². The molecular weight excluding hydrogens is 286 g/mol. The Hall–Kier alpha value is -0.290. The highest BCUT2D eigenvalue weighted by Gasteiger charge is 2.12. The van der Waals surface area contributed by atoms with Gasteiger partial charge in [0.25, 0.3) is 0 Å². The molecular formula is C9H9BrClNOS. The molecule has 0 fully saturated rings. The van der Waals surface area contributed by atoms with Crippen LogP contribution in [0.2, 0.25) is 0 Å². The summed E-state index contributed by atoms with van der Waals surface area (Å²) in [5, 5.41) is 4.04. The van der Waals surface area contributed by atoms with Gasteiger partial charge in [-0.2, -0.15) is 11.3 Å². The topological polar surface area (TPSA) is 39.2 Å². The van der Waals surface area contributed by atoms with Gasteiger partial charge in [-0.3, -0.25) is 0 Å². The molecule has 2 rings (SSSR count). The van der Waals surface area contributed by atoms with Gasteiger partial charge >= 0.3 is 0 Å². The number of hydrogen-bond acceptors (Lipinski definition) is 3. The molecule has 0 aromatic carbocycles. The largest absolute Gasteiger partial charge is 0.452 e. The quantitative estimate of drug-likeness (QED) is 0.919.